The number of hydrazine groups is 1. The van der Waals surface area contributed by atoms with E-state index in [1.807, 2.05) is 6.92 Å². The maximum atomic E-state index is 10.8. The number of hydrogen-bond acceptors (Lipinski definition) is 5. The summed E-state index contributed by atoms with van der Waals surface area (Å²) in [5.74, 6) is 5.31. The smallest absolute Gasteiger partial charge is 0.306 e. The van der Waals surface area contributed by atoms with Gasteiger partial charge in [0.25, 0.3) is 0 Å². The molecule has 0 radical (unpaired) electrons. The average molecular weight is 234 g/mol. The lowest BCUT2D eigenvalue weighted by Gasteiger charge is -2.09. The summed E-state index contributed by atoms with van der Waals surface area (Å²) in [6.45, 7) is 2.02. The van der Waals surface area contributed by atoms with E-state index < -0.39 is 0 Å². The van der Waals surface area contributed by atoms with Crippen molar-refractivity contribution >= 4 is 23.6 Å². The molecule has 1 atom stereocenters. The van der Waals surface area contributed by atoms with Crippen molar-refractivity contribution in [2.24, 2.45) is 5.84 Å². The highest BCUT2D eigenvalue weighted by atomic mass is 32.2. The van der Waals surface area contributed by atoms with Gasteiger partial charge in [-0.3, -0.25) is 15.0 Å². The van der Waals surface area contributed by atoms with Crippen LogP contribution in [0.1, 0.15) is 26.2 Å². The molecule has 5 nitrogen and oxygen atoms in total. The fraction of sp³-hybridized carbons (Fsp3) is 0.778. The summed E-state index contributed by atoms with van der Waals surface area (Å²) in [5.41, 5.74) is 2.08. The van der Waals surface area contributed by atoms with Crippen molar-refractivity contribution in [2.45, 2.75) is 31.4 Å². The van der Waals surface area contributed by atoms with Crippen LogP contribution in [0.5, 0.6) is 0 Å². The van der Waals surface area contributed by atoms with Crippen LogP contribution in [0.25, 0.3) is 0 Å². The third-order valence-corrected chi connectivity index (χ3v) is 3.12. The molecule has 0 heterocycles. The van der Waals surface area contributed by atoms with Gasteiger partial charge < -0.3 is 4.74 Å². The van der Waals surface area contributed by atoms with Gasteiger partial charge in [0.15, 0.2) is 0 Å². The van der Waals surface area contributed by atoms with Crippen LogP contribution in [-0.2, 0) is 14.3 Å². The first-order chi connectivity index (χ1) is 7.10. The highest BCUT2D eigenvalue weighted by molar-refractivity contribution is 7.99. The SMILES string of the molecule is COC(=O)CCSC(C)CCC(=O)NN. The summed E-state index contributed by atoms with van der Waals surface area (Å²) in [6, 6.07) is 0. The van der Waals surface area contributed by atoms with Gasteiger partial charge in [-0.25, -0.2) is 5.84 Å². The predicted octanol–water partition coefficient (Wildman–Crippen LogP) is 0.441. The Bertz CT molecular complexity index is 212. The molecule has 15 heavy (non-hydrogen) atoms. The number of nitrogens with two attached hydrogens (primary N) is 1. The molecule has 1 unspecified atom stereocenters. The second-order valence-electron chi connectivity index (χ2n) is 3.11. The maximum absolute atomic E-state index is 10.8. The molecule has 0 aromatic heterocycles. The van der Waals surface area contributed by atoms with E-state index in [2.05, 4.69) is 10.2 Å². The van der Waals surface area contributed by atoms with E-state index in [1.165, 1.54) is 7.11 Å². The number of carbonyl (C=O) groups excluding carboxylic acids is 2. The third-order valence-electron chi connectivity index (χ3n) is 1.88. The fourth-order valence-corrected chi connectivity index (χ4v) is 1.91. The number of thioether (sulfide) groups is 1. The molecule has 1 amide bonds. The van der Waals surface area contributed by atoms with E-state index in [0.717, 1.165) is 12.2 Å². The van der Waals surface area contributed by atoms with Crippen LogP contribution in [0.3, 0.4) is 0 Å². The van der Waals surface area contributed by atoms with Gasteiger partial charge in [-0.2, -0.15) is 11.8 Å². The van der Waals surface area contributed by atoms with Crippen molar-refractivity contribution in [3.63, 3.8) is 0 Å². The van der Waals surface area contributed by atoms with E-state index in [4.69, 9.17) is 5.84 Å². The van der Waals surface area contributed by atoms with E-state index in [1.54, 1.807) is 11.8 Å². The molecule has 0 bridgehead atoms. The van der Waals surface area contributed by atoms with Crippen LogP contribution < -0.4 is 11.3 Å². The Kier molecular flexibility index (Phi) is 8.12. The average Bonchev–Trinajstić information content (AvgIpc) is 2.25. The highest BCUT2D eigenvalue weighted by Gasteiger charge is 2.07. The quantitative estimate of drug-likeness (QED) is 0.289. The lowest BCUT2D eigenvalue weighted by Crippen LogP contribution is -2.30. The van der Waals surface area contributed by atoms with Gasteiger partial charge in [0.2, 0.25) is 5.91 Å². The summed E-state index contributed by atoms with van der Waals surface area (Å²) >= 11 is 1.65. The molecule has 0 saturated heterocycles. The zero-order chi connectivity index (χ0) is 11.7. The topological polar surface area (TPSA) is 81.4 Å². The van der Waals surface area contributed by atoms with Crippen LogP contribution >= 0.6 is 11.8 Å². The number of amides is 1. The Balaban J connectivity index is 3.45. The Hall–Kier alpha value is -0.750. The number of nitrogens with one attached hydrogen (secondary N) is 1. The van der Waals surface area contributed by atoms with Gasteiger partial charge in [0.1, 0.15) is 0 Å². The van der Waals surface area contributed by atoms with Gasteiger partial charge >= 0.3 is 5.97 Å². The second kappa shape index (κ2) is 8.55. The Labute approximate surface area is 94.1 Å². The molecule has 0 spiro atoms. The first-order valence-electron chi connectivity index (χ1n) is 4.78. The Morgan fingerprint density at radius 3 is 2.67 bits per heavy atom. The summed E-state index contributed by atoms with van der Waals surface area (Å²) < 4.78 is 4.51. The van der Waals surface area contributed by atoms with Crippen molar-refractivity contribution in [3.05, 3.63) is 0 Å². The molecule has 6 heteroatoms. The van der Waals surface area contributed by atoms with Crippen molar-refractivity contribution in [1.82, 2.24) is 5.43 Å². The summed E-state index contributed by atoms with van der Waals surface area (Å²) in [7, 11) is 1.38. The van der Waals surface area contributed by atoms with Gasteiger partial charge in [0, 0.05) is 17.4 Å². The van der Waals surface area contributed by atoms with E-state index in [-0.39, 0.29) is 11.9 Å². The van der Waals surface area contributed by atoms with Crippen LogP contribution in [0.15, 0.2) is 0 Å². The van der Waals surface area contributed by atoms with E-state index in [9.17, 15) is 9.59 Å². The molecule has 0 aromatic carbocycles. The second-order valence-corrected chi connectivity index (χ2v) is 4.66. The monoisotopic (exact) mass is 234 g/mol. The summed E-state index contributed by atoms with van der Waals surface area (Å²) in [5, 5.41) is 0.340. The van der Waals surface area contributed by atoms with Crippen molar-refractivity contribution in [3.8, 4) is 0 Å². The van der Waals surface area contributed by atoms with Crippen molar-refractivity contribution in [1.29, 1.82) is 0 Å². The Morgan fingerprint density at radius 2 is 2.13 bits per heavy atom. The zero-order valence-electron chi connectivity index (χ0n) is 9.12. The van der Waals surface area contributed by atoms with Crippen molar-refractivity contribution in [2.75, 3.05) is 12.9 Å². The first-order valence-corrected chi connectivity index (χ1v) is 5.83. The van der Waals surface area contributed by atoms with Crippen LogP contribution in [-0.4, -0.2) is 30.0 Å². The van der Waals surface area contributed by atoms with E-state index >= 15 is 0 Å². The lowest BCUT2D eigenvalue weighted by atomic mass is 10.2. The Morgan fingerprint density at radius 1 is 1.47 bits per heavy atom. The molecule has 0 saturated carbocycles. The standard InChI is InChI=1S/C9H18N2O3S/c1-7(3-4-8(12)11-10)15-6-5-9(13)14-2/h7H,3-6,10H2,1-2H3,(H,11,12). The maximum Gasteiger partial charge on any atom is 0.306 e. The number of esters is 1. The molecule has 0 aliphatic rings. The predicted molar refractivity (Wildman–Crippen MR) is 60.1 cm³/mol. The highest BCUT2D eigenvalue weighted by Crippen LogP contribution is 2.16. The van der Waals surface area contributed by atoms with Gasteiger partial charge in [0.05, 0.1) is 13.5 Å². The number of methoxy groups -OCH3 is 1. The summed E-state index contributed by atoms with van der Waals surface area (Å²) in [4.78, 5) is 21.6. The fourth-order valence-electron chi connectivity index (χ4n) is 0.935. The number of rotatable bonds is 7. The van der Waals surface area contributed by atoms with Gasteiger partial charge in [-0.1, -0.05) is 6.92 Å². The zero-order valence-corrected chi connectivity index (χ0v) is 9.93. The molecule has 88 valence electrons. The normalized spacial score (nSPS) is 11.9. The number of hydrogen-bond donors (Lipinski definition) is 2. The molecular weight excluding hydrogens is 216 g/mol. The molecule has 0 fully saturated rings. The molecule has 0 aromatic rings. The molecule has 0 aliphatic heterocycles. The van der Waals surface area contributed by atoms with Gasteiger partial charge in [-0.05, 0) is 6.42 Å². The minimum absolute atomic E-state index is 0.157. The summed E-state index contributed by atoms with van der Waals surface area (Å²) in [6.07, 6.45) is 1.59. The van der Waals surface area contributed by atoms with Crippen LogP contribution in [0, 0.1) is 0 Å². The molecule has 0 aliphatic carbocycles. The lowest BCUT2D eigenvalue weighted by molar-refractivity contribution is -0.140. The van der Waals surface area contributed by atoms with E-state index in [0.29, 0.717) is 18.1 Å². The third kappa shape index (κ3) is 8.26. The van der Waals surface area contributed by atoms with Gasteiger partial charge in [-0.15, -0.1) is 0 Å². The molecule has 3 N–H and O–H groups in total. The number of carbonyl (C=O) groups is 2. The van der Waals surface area contributed by atoms with Crippen LogP contribution in [0.2, 0.25) is 0 Å². The molecular formula is C9H18N2O3S. The first kappa shape index (κ1) is 14.2. The minimum atomic E-state index is -0.200. The van der Waals surface area contributed by atoms with Crippen molar-refractivity contribution < 1.29 is 14.3 Å². The number of ether oxygens (including phenoxy) is 1. The largest absolute Gasteiger partial charge is 0.469 e. The minimum Gasteiger partial charge on any atom is -0.469 e. The molecule has 0 rings (SSSR count). The van der Waals surface area contributed by atoms with Crippen LogP contribution in [0.4, 0.5) is 0 Å².